The van der Waals surface area contributed by atoms with Crippen LogP contribution in [-0.2, 0) is 6.54 Å². The number of amides is 1. The quantitative estimate of drug-likeness (QED) is 0.288. The van der Waals surface area contributed by atoms with E-state index in [9.17, 15) is 4.79 Å². The average molecular weight is 524 g/mol. The predicted molar refractivity (Wildman–Crippen MR) is 153 cm³/mol. The van der Waals surface area contributed by atoms with E-state index >= 15 is 0 Å². The molecule has 0 unspecified atom stereocenters. The maximum absolute atomic E-state index is 14.1. The summed E-state index contributed by atoms with van der Waals surface area (Å²) in [6.07, 6.45) is 5.80. The van der Waals surface area contributed by atoms with E-state index in [-0.39, 0.29) is 5.91 Å². The zero-order valence-electron chi connectivity index (χ0n) is 21.6. The second-order valence-corrected chi connectivity index (χ2v) is 10.4. The lowest BCUT2D eigenvalue weighted by atomic mass is 9.96. The van der Waals surface area contributed by atoms with Crippen LogP contribution in [0.4, 0.5) is 0 Å². The fourth-order valence-electron chi connectivity index (χ4n) is 5.37. The van der Waals surface area contributed by atoms with E-state index in [1.165, 1.54) is 0 Å². The van der Waals surface area contributed by atoms with Crippen LogP contribution in [0.5, 0.6) is 0 Å². The number of piperazine rings is 1. The highest BCUT2D eigenvalue weighted by Crippen LogP contribution is 2.36. The number of carbonyl (C=O) groups excluding carboxylic acids is 1. The number of nitrogens with zero attached hydrogens (tertiary/aromatic N) is 5. The largest absolute Gasteiger partial charge is 0.336 e. The minimum absolute atomic E-state index is 0.0843. The molecule has 1 fully saturated rings. The van der Waals surface area contributed by atoms with Gasteiger partial charge in [-0.25, -0.2) is 4.98 Å². The van der Waals surface area contributed by atoms with Crippen LogP contribution in [0.3, 0.4) is 0 Å². The van der Waals surface area contributed by atoms with Crippen LogP contribution < -0.4 is 0 Å². The Morgan fingerprint density at radius 2 is 1.66 bits per heavy atom. The molecule has 0 saturated carbocycles. The summed E-state index contributed by atoms with van der Waals surface area (Å²) in [7, 11) is 2.10. The first-order chi connectivity index (χ1) is 18.5. The summed E-state index contributed by atoms with van der Waals surface area (Å²) in [6, 6.07) is 22.5. The molecule has 6 nitrogen and oxygen atoms in total. The molecule has 0 spiro atoms. The Morgan fingerprint density at radius 1 is 0.921 bits per heavy atom. The van der Waals surface area contributed by atoms with Crippen molar-refractivity contribution in [2.75, 3.05) is 33.2 Å². The van der Waals surface area contributed by atoms with E-state index in [0.717, 1.165) is 70.7 Å². The zero-order chi connectivity index (χ0) is 26.2. The van der Waals surface area contributed by atoms with Gasteiger partial charge in [0.25, 0.3) is 5.91 Å². The normalized spacial score (nSPS) is 14.3. The van der Waals surface area contributed by atoms with Gasteiger partial charge in [0.15, 0.2) is 0 Å². The van der Waals surface area contributed by atoms with Crippen molar-refractivity contribution >= 4 is 28.3 Å². The van der Waals surface area contributed by atoms with Crippen molar-refractivity contribution in [1.29, 1.82) is 0 Å². The summed E-state index contributed by atoms with van der Waals surface area (Å²) in [5, 5.41) is 3.00. The second-order valence-electron chi connectivity index (χ2n) is 10.0. The van der Waals surface area contributed by atoms with Crippen molar-refractivity contribution in [1.82, 2.24) is 23.9 Å². The van der Waals surface area contributed by atoms with Gasteiger partial charge < -0.3 is 18.9 Å². The minimum atomic E-state index is 0.0843. The van der Waals surface area contributed by atoms with Gasteiger partial charge in [-0.1, -0.05) is 66.2 Å². The van der Waals surface area contributed by atoms with Gasteiger partial charge in [0.1, 0.15) is 5.82 Å². The molecule has 0 aliphatic carbocycles. The molecule has 192 valence electrons. The highest BCUT2D eigenvalue weighted by atomic mass is 35.5. The molecular formula is C31H30ClN5O. The van der Waals surface area contributed by atoms with Crippen molar-refractivity contribution < 1.29 is 4.79 Å². The number of likely N-dealkylation sites (N-methyl/N-ethyl adjacent to an activating group) is 1. The van der Waals surface area contributed by atoms with E-state index in [1.807, 2.05) is 54.7 Å². The van der Waals surface area contributed by atoms with Gasteiger partial charge in [-0.2, -0.15) is 0 Å². The van der Waals surface area contributed by atoms with Crippen LogP contribution in [0.1, 0.15) is 21.6 Å². The molecule has 5 aromatic rings. The molecule has 6 rings (SSSR count). The standard InChI is InChI=1S/C31H30ClN5O/c1-22-30(31(38)35-16-14-34(2)15-17-35)28(27-9-5-7-24-6-3-4-8-26(24)27)20-37(22)29-18-33-21-36(29)19-23-10-12-25(32)13-11-23/h3-13,18,20-21H,14-17,19H2,1-2H3. The molecule has 3 aromatic carbocycles. The number of halogens is 1. The van der Waals surface area contributed by atoms with Crippen molar-refractivity contribution in [3.63, 3.8) is 0 Å². The lowest BCUT2D eigenvalue weighted by molar-refractivity contribution is 0.0664. The Morgan fingerprint density at radius 3 is 2.45 bits per heavy atom. The van der Waals surface area contributed by atoms with Gasteiger partial charge >= 0.3 is 0 Å². The second kappa shape index (κ2) is 10.1. The fraction of sp³-hybridized carbons (Fsp3) is 0.226. The Kier molecular flexibility index (Phi) is 6.52. The topological polar surface area (TPSA) is 46.3 Å². The van der Waals surface area contributed by atoms with Gasteiger partial charge in [0, 0.05) is 48.7 Å². The van der Waals surface area contributed by atoms with Crippen LogP contribution in [0.2, 0.25) is 5.02 Å². The Bertz CT molecular complexity index is 1600. The first kappa shape index (κ1) is 24.5. The van der Waals surface area contributed by atoms with E-state index in [0.29, 0.717) is 11.6 Å². The summed E-state index contributed by atoms with van der Waals surface area (Å²) in [6.45, 7) is 5.89. The highest BCUT2D eigenvalue weighted by Gasteiger charge is 2.28. The summed E-state index contributed by atoms with van der Waals surface area (Å²) in [5.41, 5.74) is 4.80. The lowest BCUT2D eigenvalue weighted by Gasteiger charge is -2.32. The number of benzene rings is 3. The van der Waals surface area contributed by atoms with Crippen molar-refractivity contribution in [2.45, 2.75) is 13.5 Å². The molecule has 1 aliphatic rings. The number of rotatable bonds is 5. The van der Waals surface area contributed by atoms with E-state index in [4.69, 9.17) is 11.6 Å². The molecule has 0 bridgehead atoms. The molecule has 0 N–H and O–H groups in total. The molecule has 1 amide bonds. The average Bonchev–Trinajstić information content (AvgIpc) is 3.53. The Labute approximate surface area is 227 Å². The van der Waals surface area contributed by atoms with Crippen molar-refractivity contribution in [2.24, 2.45) is 0 Å². The first-order valence-corrected chi connectivity index (χ1v) is 13.3. The molecule has 1 saturated heterocycles. The molecule has 2 aromatic heterocycles. The monoisotopic (exact) mass is 523 g/mol. The summed E-state index contributed by atoms with van der Waals surface area (Å²) in [5.74, 6) is 0.998. The highest BCUT2D eigenvalue weighted by molar-refractivity contribution is 6.30. The third-order valence-corrected chi connectivity index (χ3v) is 7.79. The number of hydrogen-bond donors (Lipinski definition) is 0. The molecule has 38 heavy (non-hydrogen) atoms. The Hall–Kier alpha value is -3.87. The number of aromatic nitrogens is 3. The van der Waals surface area contributed by atoms with Gasteiger partial charge in [-0.15, -0.1) is 0 Å². The SMILES string of the molecule is Cc1c(C(=O)N2CCN(C)CC2)c(-c2cccc3ccccc23)cn1-c1cncn1Cc1ccc(Cl)cc1. The third-order valence-electron chi connectivity index (χ3n) is 7.54. The number of hydrogen-bond acceptors (Lipinski definition) is 3. The fourth-order valence-corrected chi connectivity index (χ4v) is 5.49. The van der Waals surface area contributed by atoms with Crippen molar-refractivity contribution in [3.8, 4) is 16.9 Å². The number of imidazole rings is 1. The van der Waals surface area contributed by atoms with Crippen LogP contribution in [0.25, 0.3) is 27.7 Å². The predicted octanol–water partition coefficient (Wildman–Crippen LogP) is 5.89. The van der Waals surface area contributed by atoms with Crippen molar-refractivity contribution in [3.05, 3.63) is 107 Å². The van der Waals surface area contributed by atoms with Crippen LogP contribution in [0.15, 0.2) is 85.5 Å². The number of fused-ring (bicyclic) bond motifs is 1. The molecule has 3 heterocycles. The summed E-state index contributed by atoms with van der Waals surface area (Å²) >= 11 is 6.10. The summed E-state index contributed by atoms with van der Waals surface area (Å²) < 4.78 is 4.22. The van der Waals surface area contributed by atoms with E-state index < -0.39 is 0 Å². The van der Waals surface area contributed by atoms with Crippen LogP contribution in [-0.4, -0.2) is 63.1 Å². The van der Waals surface area contributed by atoms with Gasteiger partial charge in [0.2, 0.25) is 0 Å². The Balaban J connectivity index is 1.49. The summed E-state index contributed by atoms with van der Waals surface area (Å²) in [4.78, 5) is 22.8. The van der Waals surface area contributed by atoms with Crippen LogP contribution >= 0.6 is 11.6 Å². The zero-order valence-corrected chi connectivity index (χ0v) is 22.4. The molecule has 0 atom stereocenters. The minimum Gasteiger partial charge on any atom is -0.336 e. The van der Waals surface area contributed by atoms with Gasteiger partial charge in [-0.3, -0.25) is 4.79 Å². The molecule has 7 heteroatoms. The van der Waals surface area contributed by atoms with Gasteiger partial charge in [-0.05, 0) is 48.0 Å². The van der Waals surface area contributed by atoms with E-state index in [2.05, 4.69) is 68.7 Å². The molecule has 1 aliphatic heterocycles. The van der Waals surface area contributed by atoms with E-state index in [1.54, 1.807) is 0 Å². The molecule has 0 radical (unpaired) electrons. The van der Waals surface area contributed by atoms with Crippen LogP contribution in [0, 0.1) is 6.92 Å². The number of carbonyl (C=O) groups is 1. The molecular weight excluding hydrogens is 494 g/mol. The third kappa shape index (κ3) is 4.51. The lowest BCUT2D eigenvalue weighted by Crippen LogP contribution is -2.47. The first-order valence-electron chi connectivity index (χ1n) is 12.9. The maximum atomic E-state index is 14.1. The van der Waals surface area contributed by atoms with Gasteiger partial charge in [0.05, 0.1) is 24.6 Å². The maximum Gasteiger partial charge on any atom is 0.256 e. The smallest absolute Gasteiger partial charge is 0.256 e.